The summed E-state index contributed by atoms with van der Waals surface area (Å²) < 4.78 is 31.3. The van der Waals surface area contributed by atoms with E-state index in [0.29, 0.717) is 6.08 Å². The third-order valence-electron chi connectivity index (χ3n) is 3.49. The minimum Gasteiger partial charge on any atom is -0.441 e. The molecule has 0 aliphatic heterocycles. The molecule has 0 spiro atoms. The van der Waals surface area contributed by atoms with Gasteiger partial charge in [-0.05, 0) is 30.4 Å². The molecule has 1 aliphatic carbocycles. The fourth-order valence-electron chi connectivity index (χ4n) is 2.24. The molecule has 0 aromatic carbocycles. The maximum atomic E-state index is 13.6. The van der Waals surface area contributed by atoms with Crippen LogP contribution in [-0.2, 0) is 9.53 Å². The van der Waals surface area contributed by atoms with E-state index in [0.717, 1.165) is 6.92 Å². The summed E-state index contributed by atoms with van der Waals surface area (Å²) in [5.74, 6) is -0.399. The fourth-order valence-corrected chi connectivity index (χ4v) is 2.51. The molecule has 0 aromatic heterocycles. The number of terminal acetylenes is 1. The largest absolute Gasteiger partial charge is 0.441 e. The van der Waals surface area contributed by atoms with Crippen molar-refractivity contribution in [2.45, 2.75) is 33.0 Å². The number of allylic oxidation sites excluding steroid dienone is 2. The Bertz CT molecular complexity index is 514. The number of alkyl halides is 1. The maximum Gasteiger partial charge on any atom is 0.311 e. The van der Waals surface area contributed by atoms with Crippen LogP contribution in [0.1, 0.15) is 20.8 Å². The molecule has 0 aromatic rings. The van der Waals surface area contributed by atoms with E-state index in [2.05, 4.69) is 0 Å². The van der Waals surface area contributed by atoms with Gasteiger partial charge in [0.2, 0.25) is 6.10 Å². The summed E-state index contributed by atoms with van der Waals surface area (Å²) in [6.07, 6.45) is 4.27. The molecule has 0 bridgehead atoms. The highest BCUT2D eigenvalue weighted by Gasteiger charge is 2.62. The van der Waals surface area contributed by atoms with Crippen LogP contribution in [0.4, 0.5) is 8.78 Å². The van der Waals surface area contributed by atoms with Gasteiger partial charge >= 0.3 is 5.97 Å². The zero-order chi connectivity index (χ0) is 16.4. The van der Waals surface area contributed by atoms with Crippen molar-refractivity contribution >= 4 is 29.2 Å². The van der Waals surface area contributed by atoms with E-state index in [1.165, 1.54) is 6.08 Å². The van der Waals surface area contributed by atoms with E-state index in [1.54, 1.807) is 0 Å². The van der Waals surface area contributed by atoms with Crippen molar-refractivity contribution in [2.24, 2.45) is 17.3 Å². The monoisotopic (exact) mass is 336 g/mol. The molecule has 0 saturated heterocycles. The predicted molar refractivity (Wildman–Crippen MR) is 79.0 cm³/mol. The van der Waals surface area contributed by atoms with Crippen LogP contribution in [0, 0.1) is 29.6 Å². The van der Waals surface area contributed by atoms with Crippen LogP contribution in [0.25, 0.3) is 0 Å². The Balaban J connectivity index is 2.78. The summed E-state index contributed by atoms with van der Waals surface area (Å²) in [6, 6.07) is 0. The summed E-state index contributed by atoms with van der Waals surface area (Å²) in [7, 11) is 0. The molecule has 2 nitrogen and oxygen atoms in total. The highest BCUT2D eigenvalue weighted by molar-refractivity contribution is 6.55. The first-order valence-corrected chi connectivity index (χ1v) is 7.07. The molecule has 4 atom stereocenters. The van der Waals surface area contributed by atoms with Gasteiger partial charge in [-0.2, -0.15) is 0 Å². The first kappa shape index (κ1) is 18.0. The topological polar surface area (TPSA) is 26.3 Å². The first-order chi connectivity index (χ1) is 9.61. The normalized spacial score (nSPS) is 26.3. The Labute approximate surface area is 133 Å². The molecule has 6 heteroatoms. The highest BCUT2D eigenvalue weighted by atomic mass is 35.5. The number of halogens is 4. The molecule has 1 aliphatic rings. The lowest BCUT2D eigenvalue weighted by Crippen LogP contribution is -2.20. The van der Waals surface area contributed by atoms with Crippen LogP contribution in [0.5, 0.6) is 0 Å². The minimum atomic E-state index is -1.53. The Hall–Kier alpha value is -1.05. The lowest BCUT2D eigenvalue weighted by atomic mass is 10.1. The molecule has 1 rings (SSSR count). The third kappa shape index (κ3) is 4.46. The van der Waals surface area contributed by atoms with Gasteiger partial charge in [-0.25, -0.2) is 8.78 Å². The second kappa shape index (κ2) is 6.81. The van der Waals surface area contributed by atoms with Crippen LogP contribution in [0.3, 0.4) is 0 Å². The lowest BCUT2D eigenvalue weighted by molar-refractivity contribution is -0.148. The second-order valence-electron chi connectivity index (χ2n) is 5.49. The van der Waals surface area contributed by atoms with E-state index in [9.17, 15) is 13.6 Å². The van der Waals surface area contributed by atoms with Crippen LogP contribution in [0.15, 0.2) is 22.5 Å². The minimum absolute atomic E-state index is 0.0502. The van der Waals surface area contributed by atoms with Gasteiger partial charge in [0.25, 0.3) is 0 Å². The second-order valence-corrected chi connectivity index (χ2v) is 6.50. The van der Waals surface area contributed by atoms with E-state index >= 15 is 0 Å². The molecular weight excluding hydrogens is 321 g/mol. The van der Waals surface area contributed by atoms with Gasteiger partial charge in [-0.15, -0.1) is 6.42 Å². The lowest BCUT2D eigenvalue weighted by Gasteiger charge is -2.11. The van der Waals surface area contributed by atoms with Gasteiger partial charge in [-0.3, -0.25) is 4.79 Å². The van der Waals surface area contributed by atoms with E-state index in [4.69, 9.17) is 34.4 Å². The molecule has 116 valence electrons. The number of carbonyl (C=O) groups excluding carboxylic acids is 1. The van der Waals surface area contributed by atoms with Gasteiger partial charge in [-0.1, -0.05) is 43.0 Å². The van der Waals surface area contributed by atoms with Gasteiger partial charge in [0.1, 0.15) is 10.7 Å². The Morgan fingerprint density at radius 3 is 2.48 bits per heavy atom. The van der Waals surface area contributed by atoms with Crippen molar-refractivity contribution in [2.75, 3.05) is 0 Å². The Morgan fingerprint density at radius 2 is 2.05 bits per heavy atom. The number of rotatable bonds is 5. The molecule has 21 heavy (non-hydrogen) atoms. The van der Waals surface area contributed by atoms with Crippen molar-refractivity contribution in [1.29, 1.82) is 0 Å². The van der Waals surface area contributed by atoms with Crippen molar-refractivity contribution in [3.05, 3.63) is 22.5 Å². The Kier molecular flexibility index (Phi) is 5.83. The quantitative estimate of drug-likeness (QED) is 0.551. The number of hydrogen-bond acceptors (Lipinski definition) is 2. The zero-order valence-corrected chi connectivity index (χ0v) is 13.4. The standard InChI is InChI=1S/C15H16Cl2F2O2/c1-5-11(10(19)6-8(2)18)21-14(20)13-9(7-12(16)17)15(13,3)4/h1,6-9,11,13H,2-4H3. The molecule has 0 heterocycles. The van der Waals surface area contributed by atoms with Gasteiger partial charge < -0.3 is 4.74 Å². The fraction of sp³-hybridized carbons (Fsp3) is 0.533. The Morgan fingerprint density at radius 1 is 1.48 bits per heavy atom. The average Bonchev–Trinajstić information content (AvgIpc) is 2.85. The van der Waals surface area contributed by atoms with E-state index in [-0.39, 0.29) is 10.4 Å². The molecule has 0 amide bonds. The summed E-state index contributed by atoms with van der Waals surface area (Å²) >= 11 is 11.2. The molecular formula is C15H16Cl2F2O2. The summed E-state index contributed by atoms with van der Waals surface area (Å²) in [5.41, 5.74) is -0.404. The number of esters is 1. The van der Waals surface area contributed by atoms with E-state index in [1.807, 2.05) is 19.8 Å². The van der Waals surface area contributed by atoms with E-state index < -0.39 is 35.4 Å². The van der Waals surface area contributed by atoms with Gasteiger partial charge in [0.05, 0.1) is 5.92 Å². The zero-order valence-electron chi connectivity index (χ0n) is 11.9. The highest BCUT2D eigenvalue weighted by Crippen LogP contribution is 2.60. The molecule has 1 saturated carbocycles. The van der Waals surface area contributed by atoms with Crippen LogP contribution in [-0.4, -0.2) is 18.2 Å². The number of hydrogen-bond donors (Lipinski definition) is 0. The number of ether oxygens (including phenoxy) is 1. The molecule has 0 N–H and O–H groups in total. The molecule has 0 radical (unpaired) electrons. The predicted octanol–water partition coefficient (Wildman–Crippen LogP) is 4.33. The summed E-state index contributed by atoms with van der Waals surface area (Å²) in [5, 5.41) is 0. The maximum absolute atomic E-state index is 13.6. The average molecular weight is 337 g/mol. The van der Waals surface area contributed by atoms with Crippen molar-refractivity contribution < 1.29 is 18.3 Å². The smallest absolute Gasteiger partial charge is 0.311 e. The van der Waals surface area contributed by atoms with Gasteiger partial charge in [0, 0.05) is 0 Å². The van der Waals surface area contributed by atoms with Crippen molar-refractivity contribution in [3.8, 4) is 12.3 Å². The molecule has 1 fully saturated rings. The summed E-state index contributed by atoms with van der Waals surface area (Å²) in [4.78, 5) is 12.1. The first-order valence-electron chi connectivity index (χ1n) is 6.32. The van der Waals surface area contributed by atoms with Crippen LogP contribution >= 0.6 is 23.2 Å². The van der Waals surface area contributed by atoms with Gasteiger partial charge in [0.15, 0.2) is 5.83 Å². The van der Waals surface area contributed by atoms with Crippen LogP contribution < -0.4 is 0 Å². The SMILES string of the molecule is C#CC(OC(=O)C1C(C=C(Cl)Cl)C1(C)C)C(F)=CC(C)F. The number of carbonyl (C=O) groups is 1. The van der Waals surface area contributed by atoms with Crippen LogP contribution in [0.2, 0.25) is 0 Å². The summed E-state index contributed by atoms with van der Waals surface area (Å²) in [6.45, 7) is 4.80. The van der Waals surface area contributed by atoms with Crippen molar-refractivity contribution in [3.63, 3.8) is 0 Å². The third-order valence-corrected chi connectivity index (χ3v) is 3.75. The molecule has 4 unspecified atom stereocenters. The van der Waals surface area contributed by atoms with Crippen molar-refractivity contribution in [1.82, 2.24) is 0 Å².